The predicted octanol–water partition coefficient (Wildman–Crippen LogP) is 2.40. The van der Waals surface area contributed by atoms with Gasteiger partial charge in [-0.15, -0.1) is 0 Å². The number of anilines is 1. The maximum atomic E-state index is 11.9. The quantitative estimate of drug-likeness (QED) is 0.693. The van der Waals surface area contributed by atoms with Gasteiger partial charge in [-0.2, -0.15) is 0 Å². The molecule has 108 valence electrons. The Kier molecular flexibility index (Phi) is 4.15. The molecule has 0 saturated heterocycles. The van der Waals surface area contributed by atoms with E-state index in [1.165, 1.54) is 17.3 Å². The minimum Gasteiger partial charge on any atom is -0.324 e. The summed E-state index contributed by atoms with van der Waals surface area (Å²) in [5.41, 5.74) is 4.19. The van der Waals surface area contributed by atoms with Crippen molar-refractivity contribution in [2.45, 2.75) is 31.3 Å². The topological polar surface area (TPSA) is 67.8 Å². The SMILES string of the molecule is Cc1nc(SCC(=O)Nc2cccnc2)nc2c1CCC2. The van der Waals surface area contributed by atoms with Crippen LogP contribution in [0, 0.1) is 6.92 Å². The first-order valence-electron chi connectivity index (χ1n) is 6.91. The number of pyridine rings is 1. The number of nitrogens with zero attached hydrogens (tertiary/aromatic N) is 3. The van der Waals surface area contributed by atoms with Crippen molar-refractivity contribution in [1.82, 2.24) is 15.0 Å². The van der Waals surface area contributed by atoms with Gasteiger partial charge in [0.2, 0.25) is 5.91 Å². The van der Waals surface area contributed by atoms with E-state index >= 15 is 0 Å². The first-order valence-corrected chi connectivity index (χ1v) is 7.90. The third-order valence-corrected chi connectivity index (χ3v) is 4.24. The molecule has 1 aliphatic rings. The standard InChI is InChI=1S/C15H16N4OS/c1-10-12-5-2-6-13(12)19-15(17-10)21-9-14(20)18-11-4-3-7-16-8-11/h3-4,7-8H,2,5-6,9H2,1H3,(H,18,20). The summed E-state index contributed by atoms with van der Waals surface area (Å²) in [5.74, 6) is 0.224. The Bertz CT molecular complexity index is 660. The largest absolute Gasteiger partial charge is 0.324 e. The molecule has 0 atom stereocenters. The van der Waals surface area contributed by atoms with Gasteiger partial charge in [0.15, 0.2) is 5.16 Å². The molecule has 0 saturated carbocycles. The summed E-state index contributed by atoms with van der Waals surface area (Å²) in [6.45, 7) is 2.02. The zero-order valence-electron chi connectivity index (χ0n) is 11.8. The van der Waals surface area contributed by atoms with Crippen molar-refractivity contribution in [3.63, 3.8) is 0 Å². The second kappa shape index (κ2) is 6.22. The summed E-state index contributed by atoms with van der Waals surface area (Å²) in [5, 5.41) is 3.49. The van der Waals surface area contributed by atoms with Crippen molar-refractivity contribution in [3.8, 4) is 0 Å². The van der Waals surface area contributed by atoms with Crippen LogP contribution in [0.1, 0.15) is 23.4 Å². The fourth-order valence-electron chi connectivity index (χ4n) is 2.42. The summed E-state index contributed by atoms with van der Waals surface area (Å²) < 4.78 is 0. The number of aryl methyl sites for hydroxylation is 2. The molecule has 0 fully saturated rings. The van der Waals surface area contributed by atoms with Gasteiger partial charge in [0.05, 0.1) is 17.6 Å². The molecule has 0 unspecified atom stereocenters. The van der Waals surface area contributed by atoms with Crippen LogP contribution >= 0.6 is 11.8 Å². The Morgan fingerprint density at radius 1 is 1.38 bits per heavy atom. The second-order valence-electron chi connectivity index (χ2n) is 4.95. The van der Waals surface area contributed by atoms with E-state index in [0.717, 1.165) is 30.7 Å². The van der Waals surface area contributed by atoms with Gasteiger partial charge in [0.25, 0.3) is 0 Å². The monoisotopic (exact) mass is 300 g/mol. The molecule has 1 N–H and O–H groups in total. The third-order valence-electron chi connectivity index (χ3n) is 3.40. The van der Waals surface area contributed by atoms with Crippen molar-refractivity contribution in [2.75, 3.05) is 11.1 Å². The van der Waals surface area contributed by atoms with E-state index in [-0.39, 0.29) is 5.91 Å². The maximum Gasteiger partial charge on any atom is 0.234 e. The number of carbonyl (C=O) groups excluding carboxylic acids is 1. The van der Waals surface area contributed by atoms with Gasteiger partial charge >= 0.3 is 0 Å². The maximum absolute atomic E-state index is 11.9. The average molecular weight is 300 g/mol. The number of hydrogen-bond acceptors (Lipinski definition) is 5. The van der Waals surface area contributed by atoms with Crippen LogP contribution in [0.3, 0.4) is 0 Å². The van der Waals surface area contributed by atoms with Crippen molar-refractivity contribution in [1.29, 1.82) is 0 Å². The van der Waals surface area contributed by atoms with E-state index in [0.29, 0.717) is 16.6 Å². The van der Waals surface area contributed by atoms with Crippen LogP contribution in [0.15, 0.2) is 29.7 Å². The molecular weight excluding hydrogens is 284 g/mol. The van der Waals surface area contributed by atoms with Crippen LogP contribution in [0.25, 0.3) is 0 Å². The number of fused-ring (bicyclic) bond motifs is 1. The first kappa shape index (κ1) is 14.0. The Hall–Kier alpha value is -1.95. The number of nitrogens with one attached hydrogen (secondary N) is 1. The van der Waals surface area contributed by atoms with E-state index in [1.807, 2.05) is 13.0 Å². The number of aromatic nitrogens is 3. The summed E-state index contributed by atoms with van der Waals surface area (Å²) in [6.07, 6.45) is 6.55. The molecule has 0 aliphatic heterocycles. The van der Waals surface area contributed by atoms with E-state index in [2.05, 4.69) is 20.3 Å². The Morgan fingerprint density at radius 3 is 3.10 bits per heavy atom. The molecule has 2 aromatic rings. The lowest BCUT2D eigenvalue weighted by atomic mass is 10.2. The normalized spacial score (nSPS) is 13.0. The zero-order valence-corrected chi connectivity index (χ0v) is 12.6. The molecule has 2 aromatic heterocycles. The number of hydrogen-bond donors (Lipinski definition) is 1. The van der Waals surface area contributed by atoms with E-state index < -0.39 is 0 Å². The lowest BCUT2D eigenvalue weighted by Crippen LogP contribution is -2.14. The minimum absolute atomic E-state index is 0.0743. The molecule has 5 nitrogen and oxygen atoms in total. The molecule has 21 heavy (non-hydrogen) atoms. The Balaban J connectivity index is 1.60. The van der Waals surface area contributed by atoms with Gasteiger partial charge in [-0.25, -0.2) is 9.97 Å². The summed E-state index contributed by atoms with van der Waals surface area (Å²) in [6, 6.07) is 3.60. The van der Waals surface area contributed by atoms with Crippen LogP contribution in [0.2, 0.25) is 0 Å². The lowest BCUT2D eigenvalue weighted by molar-refractivity contribution is -0.113. The molecule has 1 aliphatic carbocycles. The molecule has 6 heteroatoms. The van der Waals surface area contributed by atoms with Gasteiger partial charge in [-0.3, -0.25) is 9.78 Å². The van der Waals surface area contributed by atoms with Gasteiger partial charge in [-0.1, -0.05) is 11.8 Å². The number of thioether (sulfide) groups is 1. The van der Waals surface area contributed by atoms with Gasteiger partial charge < -0.3 is 5.32 Å². The highest BCUT2D eigenvalue weighted by Crippen LogP contribution is 2.25. The van der Waals surface area contributed by atoms with E-state index in [4.69, 9.17) is 0 Å². The molecule has 0 bridgehead atoms. The van der Waals surface area contributed by atoms with Crippen LogP contribution in [0.4, 0.5) is 5.69 Å². The molecule has 0 radical (unpaired) electrons. The lowest BCUT2D eigenvalue weighted by Gasteiger charge is -2.07. The smallest absolute Gasteiger partial charge is 0.234 e. The van der Waals surface area contributed by atoms with Crippen LogP contribution in [0.5, 0.6) is 0 Å². The van der Waals surface area contributed by atoms with Gasteiger partial charge in [0.1, 0.15) is 0 Å². The Labute approximate surface area is 127 Å². The third kappa shape index (κ3) is 3.39. The van der Waals surface area contributed by atoms with Crippen molar-refractivity contribution in [2.24, 2.45) is 0 Å². The minimum atomic E-state index is -0.0743. The summed E-state index contributed by atoms with van der Waals surface area (Å²) >= 11 is 1.37. The molecular formula is C15H16N4OS. The average Bonchev–Trinajstić information content (AvgIpc) is 2.95. The van der Waals surface area contributed by atoms with Crippen LogP contribution < -0.4 is 5.32 Å². The highest BCUT2D eigenvalue weighted by molar-refractivity contribution is 7.99. The molecule has 0 aromatic carbocycles. The van der Waals surface area contributed by atoms with Crippen LogP contribution in [-0.2, 0) is 17.6 Å². The van der Waals surface area contributed by atoms with E-state index in [1.54, 1.807) is 18.5 Å². The van der Waals surface area contributed by atoms with Crippen molar-refractivity contribution in [3.05, 3.63) is 41.5 Å². The number of amides is 1. The predicted molar refractivity (Wildman–Crippen MR) is 82.4 cm³/mol. The fraction of sp³-hybridized carbons (Fsp3) is 0.333. The molecule has 1 amide bonds. The van der Waals surface area contributed by atoms with E-state index in [9.17, 15) is 4.79 Å². The summed E-state index contributed by atoms with van der Waals surface area (Å²) in [7, 11) is 0. The number of rotatable bonds is 4. The second-order valence-corrected chi connectivity index (χ2v) is 5.89. The van der Waals surface area contributed by atoms with Gasteiger partial charge in [-0.05, 0) is 43.9 Å². The number of carbonyl (C=O) groups is 1. The fourth-order valence-corrected chi connectivity index (χ4v) is 3.13. The molecule has 2 heterocycles. The van der Waals surface area contributed by atoms with Gasteiger partial charge in [0, 0.05) is 17.6 Å². The zero-order chi connectivity index (χ0) is 14.7. The summed E-state index contributed by atoms with van der Waals surface area (Å²) in [4.78, 5) is 24.9. The first-order chi connectivity index (χ1) is 10.2. The highest BCUT2D eigenvalue weighted by Gasteiger charge is 2.17. The highest BCUT2D eigenvalue weighted by atomic mass is 32.2. The van der Waals surface area contributed by atoms with Crippen molar-refractivity contribution < 1.29 is 4.79 Å². The van der Waals surface area contributed by atoms with Crippen molar-refractivity contribution >= 4 is 23.4 Å². The molecule has 0 spiro atoms. The van der Waals surface area contributed by atoms with Crippen LogP contribution in [-0.4, -0.2) is 26.6 Å². The Morgan fingerprint density at radius 2 is 2.29 bits per heavy atom. The molecule has 3 rings (SSSR count).